The second kappa shape index (κ2) is 3.49. The molecule has 3 rings (SSSR count). The number of hydrogen-bond acceptors (Lipinski definition) is 1. The van der Waals surface area contributed by atoms with E-state index in [0.29, 0.717) is 0 Å². The quantitative estimate of drug-likeness (QED) is 0.599. The molecule has 0 saturated carbocycles. The Balaban J connectivity index is 2.31. The second-order valence-corrected chi connectivity index (χ2v) is 3.91. The third-order valence-electron chi connectivity index (χ3n) is 2.85. The van der Waals surface area contributed by atoms with Crippen molar-refractivity contribution in [3.63, 3.8) is 0 Å². The Morgan fingerprint density at radius 3 is 2.81 bits per heavy atom. The van der Waals surface area contributed by atoms with Gasteiger partial charge in [0.1, 0.15) is 0 Å². The van der Waals surface area contributed by atoms with Crippen LogP contribution in [0.4, 0.5) is 0 Å². The molecule has 0 spiro atoms. The van der Waals surface area contributed by atoms with Crippen LogP contribution in [0.3, 0.4) is 0 Å². The van der Waals surface area contributed by atoms with Gasteiger partial charge < -0.3 is 4.57 Å². The van der Waals surface area contributed by atoms with Crippen LogP contribution in [-0.2, 0) is 0 Å². The smallest absolute Gasteiger partial charge is 0.0528 e. The first-order chi connectivity index (χ1) is 7.86. The molecular weight excluding hydrogens is 196 g/mol. The van der Waals surface area contributed by atoms with Gasteiger partial charge in [-0.2, -0.15) is 0 Å². The Morgan fingerprint density at radius 1 is 1.06 bits per heavy atom. The monoisotopic (exact) mass is 208 g/mol. The van der Waals surface area contributed by atoms with Gasteiger partial charge in [-0.3, -0.25) is 4.98 Å². The fraction of sp³-hybridized carbons (Fsp3) is 0.0714. The summed E-state index contributed by atoms with van der Waals surface area (Å²) in [6.07, 6.45) is 5.83. The molecule has 16 heavy (non-hydrogen) atoms. The lowest BCUT2D eigenvalue weighted by atomic mass is 10.2. The lowest BCUT2D eigenvalue weighted by Crippen LogP contribution is -1.95. The zero-order valence-electron chi connectivity index (χ0n) is 9.09. The third-order valence-corrected chi connectivity index (χ3v) is 2.85. The predicted molar refractivity (Wildman–Crippen MR) is 65.8 cm³/mol. The zero-order valence-corrected chi connectivity index (χ0v) is 9.09. The van der Waals surface area contributed by atoms with Crippen molar-refractivity contribution in [2.24, 2.45) is 0 Å². The molecule has 78 valence electrons. The predicted octanol–water partition coefficient (Wildman–Crippen LogP) is 3.33. The normalized spacial score (nSPS) is 10.8. The number of aryl methyl sites for hydroxylation is 1. The maximum Gasteiger partial charge on any atom is 0.0528 e. The van der Waals surface area contributed by atoms with Crippen LogP contribution in [-0.4, -0.2) is 9.55 Å². The van der Waals surface area contributed by atoms with E-state index < -0.39 is 0 Å². The minimum absolute atomic E-state index is 1.18. The molecule has 0 fully saturated rings. The number of para-hydroxylation sites is 1. The average molecular weight is 208 g/mol. The van der Waals surface area contributed by atoms with Gasteiger partial charge >= 0.3 is 0 Å². The SMILES string of the molecule is Cc1cnccc1-n1ccc2ccccc21. The van der Waals surface area contributed by atoms with Crippen molar-refractivity contribution in [3.8, 4) is 5.69 Å². The highest BCUT2D eigenvalue weighted by atomic mass is 15.0. The van der Waals surface area contributed by atoms with Crippen LogP contribution in [0.25, 0.3) is 16.6 Å². The Bertz CT molecular complexity index is 638. The first kappa shape index (κ1) is 9.16. The van der Waals surface area contributed by atoms with Crippen LogP contribution in [0.1, 0.15) is 5.56 Å². The van der Waals surface area contributed by atoms with Crippen molar-refractivity contribution in [2.75, 3.05) is 0 Å². The number of hydrogen-bond donors (Lipinski definition) is 0. The molecule has 2 aromatic heterocycles. The first-order valence-electron chi connectivity index (χ1n) is 5.33. The fourth-order valence-electron chi connectivity index (χ4n) is 2.03. The van der Waals surface area contributed by atoms with Gasteiger partial charge in [-0.05, 0) is 36.1 Å². The van der Waals surface area contributed by atoms with E-state index in [2.05, 4.69) is 53.0 Å². The molecular formula is C14H12N2. The molecule has 0 unspecified atom stereocenters. The molecule has 2 nitrogen and oxygen atoms in total. The molecule has 3 aromatic rings. The van der Waals surface area contributed by atoms with Crippen molar-refractivity contribution in [1.82, 2.24) is 9.55 Å². The molecule has 0 radical (unpaired) electrons. The standard InChI is InChI=1S/C14H12N2/c1-11-10-15-8-6-13(11)16-9-7-12-4-2-3-5-14(12)16/h2-10H,1H3. The van der Waals surface area contributed by atoms with E-state index in [1.54, 1.807) is 0 Å². The molecule has 0 aliphatic heterocycles. The molecule has 0 N–H and O–H groups in total. The largest absolute Gasteiger partial charge is 0.316 e. The van der Waals surface area contributed by atoms with Crippen LogP contribution in [0.2, 0.25) is 0 Å². The summed E-state index contributed by atoms with van der Waals surface area (Å²) < 4.78 is 2.20. The number of pyridine rings is 1. The summed E-state index contributed by atoms with van der Waals surface area (Å²) in [6.45, 7) is 2.08. The van der Waals surface area contributed by atoms with Gasteiger partial charge in [0, 0.05) is 18.6 Å². The summed E-state index contributed by atoms with van der Waals surface area (Å²) in [7, 11) is 0. The summed E-state index contributed by atoms with van der Waals surface area (Å²) in [5.41, 5.74) is 3.61. The van der Waals surface area contributed by atoms with Crippen molar-refractivity contribution in [3.05, 3.63) is 60.6 Å². The van der Waals surface area contributed by atoms with Gasteiger partial charge in [-0.15, -0.1) is 0 Å². The van der Waals surface area contributed by atoms with E-state index in [1.807, 2.05) is 18.5 Å². The lowest BCUT2D eigenvalue weighted by Gasteiger charge is -2.07. The number of rotatable bonds is 1. The highest BCUT2D eigenvalue weighted by molar-refractivity contribution is 5.82. The molecule has 0 bridgehead atoms. The minimum Gasteiger partial charge on any atom is -0.316 e. The molecule has 1 aromatic carbocycles. The molecule has 0 atom stereocenters. The van der Waals surface area contributed by atoms with Gasteiger partial charge in [-0.1, -0.05) is 18.2 Å². The summed E-state index contributed by atoms with van der Waals surface area (Å²) in [6, 6.07) is 12.6. The Kier molecular flexibility index (Phi) is 2.00. The fourth-order valence-corrected chi connectivity index (χ4v) is 2.03. The summed E-state index contributed by atoms with van der Waals surface area (Å²) in [4.78, 5) is 4.12. The zero-order chi connectivity index (χ0) is 11.0. The summed E-state index contributed by atoms with van der Waals surface area (Å²) in [5, 5.41) is 1.26. The van der Waals surface area contributed by atoms with Crippen molar-refractivity contribution >= 4 is 10.9 Å². The van der Waals surface area contributed by atoms with Crippen LogP contribution in [0.15, 0.2) is 55.0 Å². The van der Waals surface area contributed by atoms with Gasteiger partial charge in [0.05, 0.1) is 11.2 Å². The molecule has 2 heteroatoms. The van der Waals surface area contributed by atoms with Gasteiger partial charge in [0.15, 0.2) is 0 Å². The van der Waals surface area contributed by atoms with Crippen LogP contribution in [0, 0.1) is 6.92 Å². The Morgan fingerprint density at radius 2 is 1.94 bits per heavy atom. The second-order valence-electron chi connectivity index (χ2n) is 3.91. The van der Waals surface area contributed by atoms with Gasteiger partial charge in [0.25, 0.3) is 0 Å². The maximum absolute atomic E-state index is 4.12. The Labute approximate surface area is 94.2 Å². The lowest BCUT2D eigenvalue weighted by molar-refractivity contribution is 1.08. The molecule has 0 saturated heterocycles. The van der Waals surface area contributed by atoms with Crippen molar-refractivity contribution in [1.29, 1.82) is 0 Å². The first-order valence-corrected chi connectivity index (χ1v) is 5.33. The van der Waals surface area contributed by atoms with E-state index in [9.17, 15) is 0 Å². The summed E-state index contributed by atoms with van der Waals surface area (Å²) >= 11 is 0. The van der Waals surface area contributed by atoms with Crippen LogP contribution >= 0.6 is 0 Å². The average Bonchev–Trinajstić information content (AvgIpc) is 2.74. The minimum atomic E-state index is 1.18. The summed E-state index contributed by atoms with van der Waals surface area (Å²) in [5.74, 6) is 0. The van der Waals surface area contributed by atoms with E-state index in [-0.39, 0.29) is 0 Å². The van der Waals surface area contributed by atoms with Gasteiger partial charge in [0.2, 0.25) is 0 Å². The van der Waals surface area contributed by atoms with E-state index in [1.165, 1.54) is 22.2 Å². The van der Waals surface area contributed by atoms with E-state index >= 15 is 0 Å². The number of fused-ring (bicyclic) bond motifs is 1. The van der Waals surface area contributed by atoms with Crippen molar-refractivity contribution < 1.29 is 0 Å². The van der Waals surface area contributed by atoms with Crippen LogP contribution < -0.4 is 0 Å². The topological polar surface area (TPSA) is 17.8 Å². The molecule has 0 aliphatic carbocycles. The third kappa shape index (κ3) is 1.31. The highest BCUT2D eigenvalue weighted by Gasteiger charge is 2.04. The van der Waals surface area contributed by atoms with Crippen LogP contribution in [0.5, 0.6) is 0 Å². The number of aromatic nitrogens is 2. The number of benzene rings is 1. The Hall–Kier alpha value is -2.09. The maximum atomic E-state index is 4.12. The molecule has 0 amide bonds. The highest BCUT2D eigenvalue weighted by Crippen LogP contribution is 2.21. The molecule has 0 aliphatic rings. The number of nitrogens with zero attached hydrogens (tertiary/aromatic N) is 2. The molecule has 2 heterocycles. The van der Waals surface area contributed by atoms with E-state index in [0.717, 1.165) is 0 Å². The van der Waals surface area contributed by atoms with Gasteiger partial charge in [-0.25, -0.2) is 0 Å². The van der Waals surface area contributed by atoms with E-state index in [4.69, 9.17) is 0 Å². The van der Waals surface area contributed by atoms with Crippen molar-refractivity contribution in [2.45, 2.75) is 6.92 Å².